The molecule has 0 unspecified atom stereocenters. The number of methoxy groups -OCH3 is 2. The first-order valence-electron chi connectivity index (χ1n) is 7.49. The zero-order valence-corrected chi connectivity index (χ0v) is 14.0. The first kappa shape index (κ1) is 17.2. The highest BCUT2D eigenvalue weighted by molar-refractivity contribution is 5.84. The lowest BCUT2D eigenvalue weighted by Gasteiger charge is -2.14. The third-order valence-corrected chi connectivity index (χ3v) is 3.52. The fourth-order valence-electron chi connectivity index (χ4n) is 2.41. The average molecular weight is 324 g/mol. The Morgan fingerprint density at radius 2 is 1.67 bits per heavy atom. The molecule has 5 nitrogen and oxygen atoms in total. The molecule has 2 rings (SSSR count). The molecule has 2 N–H and O–H groups in total. The molecule has 0 heterocycles. The lowest BCUT2D eigenvalue weighted by Crippen LogP contribution is -1.98. The van der Waals surface area contributed by atoms with Crippen molar-refractivity contribution in [1.29, 1.82) is 5.26 Å². The van der Waals surface area contributed by atoms with Crippen molar-refractivity contribution < 1.29 is 14.2 Å². The third-order valence-electron chi connectivity index (χ3n) is 3.52. The molecule has 2 aromatic carbocycles. The first-order chi connectivity index (χ1) is 11.6. The van der Waals surface area contributed by atoms with Gasteiger partial charge in [-0.15, -0.1) is 0 Å². The number of nitrogens with two attached hydrogens (primary N) is 1. The molecule has 0 bridgehead atoms. The normalized spacial score (nSPS) is 10.8. The van der Waals surface area contributed by atoms with E-state index < -0.39 is 0 Å². The molecule has 0 radical (unpaired) electrons. The molecule has 24 heavy (non-hydrogen) atoms. The molecule has 0 aliphatic heterocycles. The molecule has 0 spiro atoms. The maximum absolute atomic E-state index is 9.16. The van der Waals surface area contributed by atoms with Crippen molar-refractivity contribution in [2.24, 2.45) is 0 Å². The van der Waals surface area contributed by atoms with Gasteiger partial charge in [0.1, 0.15) is 5.75 Å². The van der Waals surface area contributed by atoms with Crippen molar-refractivity contribution in [2.45, 2.75) is 6.92 Å². The highest BCUT2D eigenvalue weighted by Gasteiger charge is 2.12. The second-order valence-corrected chi connectivity index (χ2v) is 4.94. The molecule has 0 fully saturated rings. The molecule has 0 amide bonds. The van der Waals surface area contributed by atoms with Gasteiger partial charge in [-0.1, -0.05) is 12.1 Å². The Kier molecular flexibility index (Phi) is 5.69. The summed E-state index contributed by atoms with van der Waals surface area (Å²) in [6.07, 6.45) is 1.48. The van der Waals surface area contributed by atoms with Crippen LogP contribution in [0.4, 0.5) is 5.69 Å². The van der Waals surface area contributed by atoms with Crippen LogP contribution in [0.15, 0.2) is 42.5 Å². The molecular formula is C19H20N2O3. The number of hydrogen-bond acceptors (Lipinski definition) is 5. The Morgan fingerprint density at radius 3 is 2.21 bits per heavy atom. The summed E-state index contributed by atoms with van der Waals surface area (Å²) in [4.78, 5) is 0. The van der Waals surface area contributed by atoms with Crippen LogP contribution in [0.3, 0.4) is 0 Å². The second-order valence-electron chi connectivity index (χ2n) is 4.94. The highest BCUT2D eigenvalue weighted by Crippen LogP contribution is 2.34. The minimum Gasteiger partial charge on any atom is -0.495 e. The predicted octanol–water partition coefficient (Wildman–Crippen LogP) is 3.64. The largest absolute Gasteiger partial charge is 0.495 e. The smallest absolute Gasteiger partial charge is 0.161 e. The van der Waals surface area contributed by atoms with Crippen LogP contribution in [-0.4, -0.2) is 20.8 Å². The Morgan fingerprint density at radius 1 is 1.04 bits per heavy atom. The van der Waals surface area contributed by atoms with Gasteiger partial charge in [0, 0.05) is 6.08 Å². The van der Waals surface area contributed by atoms with Crippen molar-refractivity contribution in [1.82, 2.24) is 0 Å². The number of benzene rings is 2. The van der Waals surface area contributed by atoms with Crippen molar-refractivity contribution >= 4 is 11.3 Å². The lowest BCUT2D eigenvalue weighted by atomic mass is 9.96. The van der Waals surface area contributed by atoms with Crippen LogP contribution in [0.1, 0.15) is 18.1 Å². The first-order valence-corrected chi connectivity index (χ1v) is 7.49. The third kappa shape index (κ3) is 3.61. The molecule has 0 aliphatic carbocycles. The summed E-state index contributed by atoms with van der Waals surface area (Å²) in [5.74, 6) is 1.87. The number of allylic oxidation sites excluding steroid dienone is 1. The van der Waals surface area contributed by atoms with Gasteiger partial charge in [0.25, 0.3) is 0 Å². The lowest BCUT2D eigenvalue weighted by molar-refractivity contribution is 0.311. The number of hydrogen-bond donors (Lipinski definition) is 1. The average Bonchev–Trinajstić information content (AvgIpc) is 2.60. The van der Waals surface area contributed by atoms with E-state index >= 15 is 0 Å². The van der Waals surface area contributed by atoms with Crippen molar-refractivity contribution in [2.75, 3.05) is 26.6 Å². The van der Waals surface area contributed by atoms with Crippen molar-refractivity contribution in [3.63, 3.8) is 0 Å². The van der Waals surface area contributed by atoms with Gasteiger partial charge in [-0.2, -0.15) is 5.26 Å². The van der Waals surface area contributed by atoms with Gasteiger partial charge in [0.15, 0.2) is 11.5 Å². The molecule has 0 atom stereocenters. The minimum atomic E-state index is 0.511. The number of ether oxygens (including phenoxy) is 3. The van der Waals surface area contributed by atoms with Crippen LogP contribution in [0.25, 0.3) is 5.57 Å². The van der Waals surface area contributed by atoms with E-state index in [0.29, 0.717) is 29.5 Å². The quantitative estimate of drug-likeness (QED) is 0.648. The van der Waals surface area contributed by atoms with E-state index in [1.54, 1.807) is 26.4 Å². The zero-order chi connectivity index (χ0) is 17.5. The van der Waals surface area contributed by atoms with Crippen LogP contribution in [0.5, 0.6) is 17.2 Å². The molecule has 0 saturated heterocycles. The maximum atomic E-state index is 9.16. The molecule has 0 saturated carbocycles. The molecular weight excluding hydrogens is 304 g/mol. The number of nitrogen functional groups attached to an aromatic ring is 1. The van der Waals surface area contributed by atoms with Gasteiger partial charge < -0.3 is 19.9 Å². The van der Waals surface area contributed by atoms with E-state index in [4.69, 9.17) is 25.2 Å². The minimum absolute atomic E-state index is 0.511. The van der Waals surface area contributed by atoms with E-state index in [2.05, 4.69) is 6.07 Å². The fourth-order valence-corrected chi connectivity index (χ4v) is 2.41. The Balaban J connectivity index is 2.53. The van der Waals surface area contributed by atoms with Gasteiger partial charge in [0.2, 0.25) is 0 Å². The van der Waals surface area contributed by atoms with Crippen LogP contribution in [-0.2, 0) is 0 Å². The highest BCUT2D eigenvalue weighted by atomic mass is 16.5. The summed E-state index contributed by atoms with van der Waals surface area (Å²) in [5, 5.41) is 9.16. The number of anilines is 1. The summed E-state index contributed by atoms with van der Waals surface area (Å²) in [6, 6.07) is 13.1. The van der Waals surface area contributed by atoms with Crippen molar-refractivity contribution in [3.8, 4) is 23.3 Å². The van der Waals surface area contributed by atoms with Gasteiger partial charge in [-0.05, 0) is 47.9 Å². The van der Waals surface area contributed by atoms with Crippen LogP contribution >= 0.6 is 0 Å². The SMILES string of the molecule is CCOc1cc(/C(=C/C#N)c2ccc(OC)c(N)c2)ccc1OC. The van der Waals surface area contributed by atoms with Gasteiger partial charge in [0.05, 0.1) is 32.6 Å². The predicted molar refractivity (Wildman–Crippen MR) is 94.3 cm³/mol. The molecule has 2 aromatic rings. The molecule has 0 aromatic heterocycles. The van der Waals surface area contributed by atoms with Crippen LogP contribution in [0, 0.1) is 11.3 Å². The van der Waals surface area contributed by atoms with Gasteiger partial charge >= 0.3 is 0 Å². The molecule has 5 heteroatoms. The van der Waals surface area contributed by atoms with E-state index in [9.17, 15) is 0 Å². The number of nitrogens with zero attached hydrogens (tertiary/aromatic N) is 1. The topological polar surface area (TPSA) is 77.5 Å². The van der Waals surface area contributed by atoms with E-state index in [0.717, 1.165) is 16.7 Å². The number of rotatable bonds is 6. The fraction of sp³-hybridized carbons (Fsp3) is 0.211. The zero-order valence-electron chi connectivity index (χ0n) is 14.0. The van der Waals surface area contributed by atoms with Gasteiger partial charge in [-0.3, -0.25) is 0 Å². The van der Waals surface area contributed by atoms with E-state index in [1.165, 1.54) is 6.08 Å². The van der Waals surface area contributed by atoms with E-state index in [1.807, 2.05) is 31.2 Å². The van der Waals surface area contributed by atoms with Crippen LogP contribution < -0.4 is 19.9 Å². The summed E-state index contributed by atoms with van der Waals surface area (Å²) >= 11 is 0. The molecule has 124 valence electrons. The monoisotopic (exact) mass is 324 g/mol. The summed E-state index contributed by atoms with van der Waals surface area (Å²) < 4.78 is 16.1. The number of nitriles is 1. The second kappa shape index (κ2) is 7.93. The summed E-state index contributed by atoms with van der Waals surface area (Å²) in [5.41, 5.74) is 8.90. The standard InChI is InChI=1S/C19H20N2O3/c1-4-24-19-12-14(6-8-18(19)23-3)15(9-10-20)13-5-7-17(22-2)16(21)11-13/h5-9,11-12H,4,21H2,1-3H3/b15-9+. The van der Waals surface area contributed by atoms with Crippen LogP contribution in [0.2, 0.25) is 0 Å². The Bertz CT molecular complexity index is 792. The summed E-state index contributed by atoms with van der Waals surface area (Å²) in [6.45, 7) is 2.43. The maximum Gasteiger partial charge on any atom is 0.161 e. The Hall–Kier alpha value is -3.13. The molecule has 0 aliphatic rings. The van der Waals surface area contributed by atoms with E-state index in [-0.39, 0.29) is 0 Å². The van der Waals surface area contributed by atoms with Gasteiger partial charge in [-0.25, -0.2) is 0 Å². The summed E-state index contributed by atoms with van der Waals surface area (Å²) in [7, 11) is 3.16. The van der Waals surface area contributed by atoms with Crippen molar-refractivity contribution in [3.05, 3.63) is 53.6 Å². The Labute approximate surface area is 141 Å².